The molecule has 0 spiro atoms. The van der Waals surface area contributed by atoms with E-state index in [1.807, 2.05) is 24.3 Å². The third kappa shape index (κ3) is 3.72. The molecule has 0 radical (unpaired) electrons. The molecule has 1 aromatic heterocycles. The highest BCUT2D eigenvalue weighted by Crippen LogP contribution is 2.46. The summed E-state index contributed by atoms with van der Waals surface area (Å²) in [6, 6.07) is 10.0. The first kappa shape index (κ1) is 24.4. The van der Waals surface area contributed by atoms with Crippen LogP contribution in [0.5, 0.6) is 11.5 Å². The lowest BCUT2D eigenvalue weighted by atomic mass is 10.1. The van der Waals surface area contributed by atoms with Crippen LogP contribution in [-0.2, 0) is 4.74 Å². The fourth-order valence-electron chi connectivity index (χ4n) is 5.80. The smallest absolute Gasteiger partial charge is 0.341 e. The van der Waals surface area contributed by atoms with Gasteiger partial charge in [-0.15, -0.1) is 0 Å². The summed E-state index contributed by atoms with van der Waals surface area (Å²) in [6.45, 7) is 17.6. The maximum absolute atomic E-state index is 13.0. The number of carbonyl (C=O) groups is 1. The Morgan fingerprint density at radius 3 is 2.24 bits per heavy atom. The zero-order chi connectivity index (χ0) is 25.0. The first-order valence-corrected chi connectivity index (χ1v) is 14.3. The monoisotopic (exact) mass is 479 g/mol. The molecule has 0 bridgehead atoms. The molecule has 5 nitrogen and oxygen atoms in total. The predicted octanol–water partition coefficient (Wildman–Crippen LogP) is 7.78. The van der Waals surface area contributed by atoms with Crippen LogP contribution in [0, 0.1) is 0 Å². The topological polar surface area (TPSA) is 49.7 Å². The summed E-state index contributed by atoms with van der Waals surface area (Å²) in [7, 11) is -0.879. The highest BCUT2D eigenvalue weighted by molar-refractivity contribution is 6.78. The molecule has 0 N–H and O–H groups in total. The summed E-state index contributed by atoms with van der Waals surface area (Å²) in [4.78, 5) is 13.0. The maximum atomic E-state index is 13.0. The highest BCUT2D eigenvalue weighted by Gasteiger charge is 2.47. The number of carbonyl (C=O) groups excluding carboxylic acids is 1. The van der Waals surface area contributed by atoms with E-state index in [9.17, 15) is 4.79 Å². The van der Waals surface area contributed by atoms with E-state index in [1.165, 1.54) is 7.11 Å². The third-order valence-electron chi connectivity index (χ3n) is 7.28. The molecule has 0 atom stereocenters. The Morgan fingerprint density at radius 1 is 1.00 bits per heavy atom. The van der Waals surface area contributed by atoms with Gasteiger partial charge in [0.15, 0.2) is 0 Å². The number of esters is 1. The standard InChI is InChI=1S/C28H37NO4Si/c1-17(2)34(18(3)4,19(5)6)33-25-16-23-21(15-22(25)27(30)31-9)20-11-10-12-24-26(20)29(23)14-13-28(7,8)32-24/h10-19H,1-9H3. The summed E-state index contributed by atoms with van der Waals surface area (Å²) in [5, 5.41) is 2.01. The van der Waals surface area contributed by atoms with Crippen molar-refractivity contribution < 1.29 is 18.7 Å². The van der Waals surface area contributed by atoms with Gasteiger partial charge in [0.2, 0.25) is 0 Å². The molecule has 0 aliphatic carbocycles. The van der Waals surface area contributed by atoms with Crippen molar-refractivity contribution in [2.45, 2.75) is 77.6 Å². The molecule has 2 heterocycles. The van der Waals surface area contributed by atoms with Gasteiger partial charge in [0.05, 0.1) is 18.1 Å². The Morgan fingerprint density at radius 2 is 1.65 bits per heavy atom. The van der Waals surface area contributed by atoms with Crippen LogP contribution in [-0.4, -0.2) is 31.6 Å². The fraction of sp³-hybridized carbons (Fsp3) is 0.464. The molecule has 0 fully saturated rings. The molecular formula is C28H37NO4Si. The van der Waals surface area contributed by atoms with Gasteiger partial charge in [0.25, 0.3) is 8.32 Å². The molecule has 182 valence electrons. The van der Waals surface area contributed by atoms with E-state index in [1.54, 1.807) is 0 Å². The number of hydrogen-bond acceptors (Lipinski definition) is 4. The molecule has 0 saturated heterocycles. The van der Waals surface area contributed by atoms with Crippen LogP contribution in [0.3, 0.4) is 0 Å². The van der Waals surface area contributed by atoms with E-state index < -0.39 is 13.9 Å². The fourth-order valence-corrected chi connectivity index (χ4v) is 11.1. The average Bonchev–Trinajstić information content (AvgIpc) is 2.99. The molecule has 2 aromatic carbocycles. The van der Waals surface area contributed by atoms with Crippen molar-refractivity contribution in [1.82, 2.24) is 4.57 Å². The van der Waals surface area contributed by atoms with Crippen LogP contribution in [0.4, 0.5) is 0 Å². The Balaban J connectivity index is 2.06. The van der Waals surface area contributed by atoms with Crippen LogP contribution in [0.2, 0.25) is 16.6 Å². The Hall–Kier alpha value is -2.73. The minimum Gasteiger partial charge on any atom is -0.542 e. The Bertz CT molecular complexity index is 1260. The number of aromatic nitrogens is 1. The molecule has 0 amide bonds. The highest BCUT2D eigenvalue weighted by atomic mass is 28.4. The molecular weight excluding hydrogens is 442 g/mol. The third-order valence-corrected chi connectivity index (χ3v) is 13.3. The second kappa shape index (κ2) is 8.49. The summed E-state index contributed by atoms with van der Waals surface area (Å²) in [5.41, 5.74) is 3.15. The van der Waals surface area contributed by atoms with Gasteiger partial charge in [-0.05, 0) is 48.7 Å². The second-order valence-electron chi connectivity index (χ2n) is 10.8. The number of rotatable bonds is 6. The lowest BCUT2D eigenvalue weighted by Gasteiger charge is -2.42. The number of para-hydroxylation sites is 1. The van der Waals surface area contributed by atoms with Gasteiger partial charge in [-0.25, -0.2) is 4.79 Å². The van der Waals surface area contributed by atoms with E-state index in [0.717, 1.165) is 27.6 Å². The molecule has 1 aliphatic rings. The predicted molar refractivity (Wildman–Crippen MR) is 142 cm³/mol. The molecule has 6 heteroatoms. The van der Waals surface area contributed by atoms with Crippen LogP contribution in [0.25, 0.3) is 28.0 Å². The number of benzene rings is 2. The van der Waals surface area contributed by atoms with Crippen molar-refractivity contribution in [2.75, 3.05) is 7.11 Å². The zero-order valence-corrected chi connectivity index (χ0v) is 22.9. The molecule has 3 aromatic rings. The van der Waals surface area contributed by atoms with Crippen LogP contribution in [0.15, 0.2) is 36.4 Å². The molecule has 4 rings (SSSR count). The maximum Gasteiger partial charge on any atom is 0.341 e. The van der Waals surface area contributed by atoms with E-state index in [2.05, 4.69) is 78.3 Å². The van der Waals surface area contributed by atoms with Gasteiger partial charge in [-0.1, -0.05) is 53.7 Å². The van der Waals surface area contributed by atoms with Gasteiger partial charge >= 0.3 is 5.97 Å². The lowest BCUT2D eigenvalue weighted by Crippen LogP contribution is -2.51. The van der Waals surface area contributed by atoms with Crippen molar-refractivity contribution in [3.63, 3.8) is 0 Å². The molecule has 0 saturated carbocycles. The summed E-state index contributed by atoms with van der Waals surface area (Å²) < 4.78 is 20.7. The number of hydrogen-bond donors (Lipinski definition) is 0. The van der Waals surface area contributed by atoms with Gasteiger partial charge in [0.1, 0.15) is 22.7 Å². The van der Waals surface area contributed by atoms with E-state index in [0.29, 0.717) is 27.9 Å². The van der Waals surface area contributed by atoms with Gasteiger partial charge < -0.3 is 18.5 Å². The SMILES string of the molecule is COC(=O)c1cc2c3cccc4c3n(c2cc1O[Si](C(C)C)(C(C)C)C(C)C)C=CC(C)(C)O4. The second-order valence-corrected chi connectivity index (χ2v) is 16.2. The van der Waals surface area contributed by atoms with Crippen LogP contribution in [0.1, 0.15) is 65.7 Å². The average molecular weight is 480 g/mol. The van der Waals surface area contributed by atoms with Crippen molar-refractivity contribution in [3.8, 4) is 11.5 Å². The minimum atomic E-state index is -2.30. The van der Waals surface area contributed by atoms with Crippen molar-refractivity contribution in [2.24, 2.45) is 0 Å². The lowest BCUT2D eigenvalue weighted by molar-refractivity contribution is 0.0598. The van der Waals surface area contributed by atoms with Crippen molar-refractivity contribution in [1.29, 1.82) is 0 Å². The summed E-state index contributed by atoms with van der Waals surface area (Å²) in [6.07, 6.45) is 4.14. The first-order valence-electron chi connectivity index (χ1n) is 12.2. The largest absolute Gasteiger partial charge is 0.542 e. The van der Waals surface area contributed by atoms with Gasteiger partial charge in [0, 0.05) is 23.0 Å². The van der Waals surface area contributed by atoms with Crippen molar-refractivity contribution >= 4 is 42.3 Å². The number of nitrogens with zero attached hydrogens (tertiary/aromatic N) is 1. The van der Waals surface area contributed by atoms with Crippen LogP contribution < -0.4 is 9.16 Å². The molecule has 1 aliphatic heterocycles. The van der Waals surface area contributed by atoms with Crippen LogP contribution >= 0.6 is 0 Å². The summed E-state index contributed by atoms with van der Waals surface area (Å²) >= 11 is 0. The number of ether oxygens (including phenoxy) is 2. The normalized spacial score (nSPS) is 15.3. The zero-order valence-electron chi connectivity index (χ0n) is 21.9. The van der Waals surface area contributed by atoms with Gasteiger partial charge in [-0.3, -0.25) is 0 Å². The summed E-state index contributed by atoms with van der Waals surface area (Å²) in [5.74, 6) is 1.05. The Kier molecular flexibility index (Phi) is 6.09. The minimum absolute atomic E-state index is 0.377. The van der Waals surface area contributed by atoms with E-state index in [-0.39, 0.29) is 5.97 Å². The quantitative estimate of drug-likeness (QED) is 0.267. The van der Waals surface area contributed by atoms with Crippen molar-refractivity contribution in [3.05, 3.63) is 42.0 Å². The molecule has 34 heavy (non-hydrogen) atoms. The number of methoxy groups -OCH3 is 1. The van der Waals surface area contributed by atoms with E-state index >= 15 is 0 Å². The number of fused-ring (bicyclic) bond motifs is 3. The first-order chi connectivity index (χ1) is 15.9. The van der Waals surface area contributed by atoms with Gasteiger partial charge in [-0.2, -0.15) is 0 Å². The Labute approximate surface area is 203 Å². The molecule has 0 unspecified atom stereocenters. The van der Waals surface area contributed by atoms with E-state index in [4.69, 9.17) is 13.9 Å².